The third-order valence-corrected chi connectivity index (χ3v) is 7.55. The molecule has 7 heteroatoms. The molecule has 30 heavy (non-hydrogen) atoms. The van der Waals surface area contributed by atoms with E-state index in [-0.39, 0.29) is 16.4 Å². The van der Waals surface area contributed by atoms with Crippen molar-refractivity contribution in [2.45, 2.75) is 30.9 Å². The Morgan fingerprint density at radius 3 is 2.50 bits per heavy atom. The predicted molar refractivity (Wildman–Crippen MR) is 118 cm³/mol. The molecule has 4 rings (SSSR count). The number of nitrogens with one attached hydrogen (secondary N) is 1. The number of anilines is 2. The SMILES string of the molecule is CCN1C(=O)c2cccc3c(NC(=O)c4cccc(S(=O)(=O)C(C)C)c4)ccc1c23. The Morgan fingerprint density at radius 1 is 1.07 bits per heavy atom. The maximum absolute atomic E-state index is 12.9. The van der Waals surface area contributed by atoms with Crippen LogP contribution in [0.25, 0.3) is 10.8 Å². The summed E-state index contributed by atoms with van der Waals surface area (Å²) in [7, 11) is -3.48. The first kappa shape index (κ1) is 20.1. The average Bonchev–Trinajstić information content (AvgIpc) is 3.02. The van der Waals surface area contributed by atoms with E-state index in [9.17, 15) is 18.0 Å². The number of hydrogen-bond donors (Lipinski definition) is 1. The van der Waals surface area contributed by atoms with Gasteiger partial charge in [0.05, 0.1) is 15.8 Å². The van der Waals surface area contributed by atoms with E-state index in [1.165, 1.54) is 12.1 Å². The van der Waals surface area contributed by atoms with E-state index in [0.29, 0.717) is 17.8 Å². The first-order valence-electron chi connectivity index (χ1n) is 9.78. The third-order valence-electron chi connectivity index (χ3n) is 5.39. The fourth-order valence-electron chi connectivity index (χ4n) is 3.75. The fourth-order valence-corrected chi connectivity index (χ4v) is 4.85. The van der Waals surface area contributed by atoms with Crippen molar-refractivity contribution in [1.82, 2.24) is 0 Å². The molecule has 1 aliphatic rings. The third kappa shape index (κ3) is 3.06. The summed E-state index contributed by atoms with van der Waals surface area (Å²) < 4.78 is 24.9. The van der Waals surface area contributed by atoms with Crippen molar-refractivity contribution in [2.75, 3.05) is 16.8 Å². The van der Waals surface area contributed by atoms with Gasteiger partial charge in [-0.25, -0.2) is 8.42 Å². The van der Waals surface area contributed by atoms with Gasteiger partial charge >= 0.3 is 0 Å². The second kappa shape index (κ2) is 7.25. The van der Waals surface area contributed by atoms with Gasteiger partial charge in [-0.1, -0.05) is 18.2 Å². The minimum absolute atomic E-state index is 0.0480. The highest BCUT2D eigenvalue weighted by atomic mass is 32.2. The molecule has 0 radical (unpaired) electrons. The Morgan fingerprint density at radius 2 is 1.80 bits per heavy atom. The molecular weight excluding hydrogens is 400 g/mol. The second-order valence-electron chi connectivity index (χ2n) is 7.49. The van der Waals surface area contributed by atoms with E-state index in [1.807, 2.05) is 19.1 Å². The van der Waals surface area contributed by atoms with Crippen LogP contribution in [0.4, 0.5) is 11.4 Å². The quantitative estimate of drug-likeness (QED) is 0.666. The lowest BCUT2D eigenvalue weighted by Crippen LogP contribution is -2.25. The van der Waals surface area contributed by atoms with Crippen LogP contribution in [-0.4, -0.2) is 32.0 Å². The van der Waals surface area contributed by atoms with Crippen LogP contribution in [0, 0.1) is 0 Å². The molecule has 3 aromatic carbocycles. The van der Waals surface area contributed by atoms with Crippen molar-refractivity contribution < 1.29 is 18.0 Å². The van der Waals surface area contributed by atoms with Gasteiger partial charge in [-0.2, -0.15) is 0 Å². The van der Waals surface area contributed by atoms with E-state index >= 15 is 0 Å². The van der Waals surface area contributed by atoms with Gasteiger partial charge in [0.2, 0.25) is 0 Å². The fraction of sp³-hybridized carbons (Fsp3) is 0.217. The molecule has 6 nitrogen and oxygen atoms in total. The predicted octanol–water partition coefficient (Wildman–Crippen LogP) is 4.25. The van der Waals surface area contributed by atoms with Gasteiger partial charge in [-0.15, -0.1) is 0 Å². The van der Waals surface area contributed by atoms with Crippen molar-refractivity contribution in [1.29, 1.82) is 0 Å². The molecule has 1 aliphatic heterocycles. The van der Waals surface area contributed by atoms with Gasteiger partial charge in [-0.3, -0.25) is 9.59 Å². The minimum atomic E-state index is -3.48. The summed E-state index contributed by atoms with van der Waals surface area (Å²) in [5, 5.41) is 3.89. The highest BCUT2D eigenvalue weighted by molar-refractivity contribution is 7.92. The average molecular weight is 423 g/mol. The number of nitrogens with zero attached hydrogens (tertiary/aromatic N) is 1. The van der Waals surface area contributed by atoms with Crippen LogP contribution in [0.15, 0.2) is 59.5 Å². The molecule has 0 spiro atoms. The molecule has 0 aromatic heterocycles. The number of rotatable bonds is 5. The molecular formula is C23H22N2O4S. The highest BCUT2D eigenvalue weighted by Crippen LogP contribution is 2.40. The molecule has 0 saturated carbocycles. The summed E-state index contributed by atoms with van der Waals surface area (Å²) >= 11 is 0. The Kier molecular flexibility index (Phi) is 4.86. The minimum Gasteiger partial charge on any atom is -0.321 e. The summed E-state index contributed by atoms with van der Waals surface area (Å²) in [6, 6.07) is 15.1. The zero-order valence-electron chi connectivity index (χ0n) is 17.0. The molecule has 1 heterocycles. The summed E-state index contributed by atoms with van der Waals surface area (Å²) in [5.41, 5.74) is 2.27. The topological polar surface area (TPSA) is 83.6 Å². The number of carbonyl (C=O) groups excluding carboxylic acids is 2. The van der Waals surface area contributed by atoms with Crippen molar-refractivity contribution in [3.05, 3.63) is 65.7 Å². The van der Waals surface area contributed by atoms with Crippen LogP contribution >= 0.6 is 0 Å². The van der Waals surface area contributed by atoms with Gasteiger partial charge < -0.3 is 10.2 Å². The number of hydrogen-bond acceptors (Lipinski definition) is 4. The maximum atomic E-state index is 12.9. The Balaban J connectivity index is 1.73. The van der Waals surface area contributed by atoms with Crippen molar-refractivity contribution >= 4 is 43.8 Å². The maximum Gasteiger partial charge on any atom is 0.258 e. The lowest BCUT2D eigenvalue weighted by atomic mass is 10.0. The monoisotopic (exact) mass is 422 g/mol. The smallest absolute Gasteiger partial charge is 0.258 e. The van der Waals surface area contributed by atoms with E-state index < -0.39 is 21.0 Å². The zero-order valence-corrected chi connectivity index (χ0v) is 17.8. The Hall–Kier alpha value is -3.19. The Bertz CT molecular complexity index is 1300. The molecule has 0 saturated heterocycles. The molecule has 0 aliphatic carbocycles. The molecule has 0 atom stereocenters. The normalized spacial score (nSPS) is 13.3. The summed E-state index contributed by atoms with van der Waals surface area (Å²) in [4.78, 5) is 27.4. The molecule has 2 amide bonds. The van der Waals surface area contributed by atoms with Crippen LogP contribution in [0.1, 0.15) is 41.5 Å². The number of benzene rings is 3. The van der Waals surface area contributed by atoms with E-state index in [0.717, 1.165) is 16.5 Å². The largest absolute Gasteiger partial charge is 0.321 e. The van der Waals surface area contributed by atoms with Gasteiger partial charge in [-0.05, 0) is 57.2 Å². The first-order chi connectivity index (χ1) is 14.3. The molecule has 0 bridgehead atoms. The van der Waals surface area contributed by atoms with Gasteiger partial charge in [0.15, 0.2) is 9.84 Å². The lowest BCUT2D eigenvalue weighted by Gasteiger charge is -2.16. The van der Waals surface area contributed by atoms with Crippen LogP contribution in [0.2, 0.25) is 0 Å². The zero-order chi connectivity index (χ0) is 21.6. The van der Waals surface area contributed by atoms with E-state index in [4.69, 9.17) is 0 Å². The molecule has 0 fully saturated rings. The molecule has 0 unspecified atom stereocenters. The number of amides is 2. The van der Waals surface area contributed by atoms with Gasteiger partial charge in [0.1, 0.15) is 0 Å². The number of carbonyl (C=O) groups is 2. The van der Waals surface area contributed by atoms with Crippen LogP contribution in [0.5, 0.6) is 0 Å². The van der Waals surface area contributed by atoms with Crippen LogP contribution in [-0.2, 0) is 9.84 Å². The molecule has 154 valence electrons. The lowest BCUT2D eigenvalue weighted by molar-refractivity contribution is 0.0992. The summed E-state index contributed by atoms with van der Waals surface area (Å²) in [6.07, 6.45) is 0. The van der Waals surface area contributed by atoms with Gasteiger partial charge in [0.25, 0.3) is 11.8 Å². The second-order valence-corrected chi connectivity index (χ2v) is 9.99. The number of sulfone groups is 1. The highest BCUT2D eigenvalue weighted by Gasteiger charge is 2.29. The molecule has 3 aromatic rings. The van der Waals surface area contributed by atoms with E-state index in [1.54, 1.807) is 49.1 Å². The van der Waals surface area contributed by atoms with Crippen molar-refractivity contribution in [3.63, 3.8) is 0 Å². The first-order valence-corrected chi connectivity index (χ1v) is 11.3. The summed E-state index contributed by atoms with van der Waals surface area (Å²) in [5.74, 6) is -0.457. The molecule has 1 N–H and O–H groups in total. The van der Waals surface area contributed by atoms with Crippen LogP contribution in [0.3, 0.4) is 0 Å². The Labute approximate surface area is 175 Å². The van der Waals surface area contributed by atoms with E-state index in [2.05, 4.69) is 5.32 Å². The summed E-state index contributed by atoms with van der Waals surface area (Å²) in [6.45, 7) is 5.69. The van der Waals surface area contributed by atoms with Crippen molar-refractivity contribution in [3.8, 4) is 0 Å². The van der Waals surface area contributed by atoms with Gasteiger partial charge in [0, 0.05) is 34.1 Å². The standard InChI is InChI=1S/C23H22N2O4S/c1-4-25-20-12-11-19(17-9-6-10-18(21(17)20)23(25)27)24-22(26)15-7-5-8-16(13-15)30(28,29)14(2)3/h5-14H,4H2,1-3H3,(H,24,26). The van der Waals surface area contributed by atoms with Crippen molar-refractivity contribution in [2.24, 2.45) is 0 Å². The van der Waals surface area contributed by atoms with Crippen LogP contribution < -0.4 is 10.2 Å².